The Balaban J connectivity index is 1.44. The number of nitrogens with zero attached hydrogens (tertiary/aromatic N) is 5. The highest BCUT2D eigenvalue weighted by atomic mass is 19.1. The van der Waals surface area contributed by atoms with Crippen LogP contribution in [0.25, 0.3) is 0 Å². The molecule has 2 aliphatic rings. The van der Waals surface area contributed by atoms with Crippen molar-refractivity contribution in [2.45, 2.75) is 18.9 Å². The van der Waals surface area contributed by atoms with Gasteiger partial charge in [0.05, 0.1) is 0 Å². The van der Waals surface area contributed by atoms with Crippen molar-refractivity contribution in [1.82, 2.24) is 14.9 Å². The van der Waals surface area contributed by atoms with Gasteiger partial charge in [0.1, 0.15) is 11.9 Å². The Hall–Kier alpha value is -3.03. The summed E-state index contributed by atoms with van der Waals surface area (Å²) in [5, 5.41) is 0. The zero-order valence-electron chi connectivity index (χ0n) is 14.8. The van der Waals surface area contributed by atoms with Gasteiger partial charge in [0.25, 0.3) is 0 Å². The van der Waals surface area contributed by atoms with Crippen LogP contribution in [0, 0.1) is 5.82 Å². The van der Waals surface area contributed by atoms with Crippen LogP contribution in [0.1, 0.15) is 12.8 Å². The Bertz CT molecular complexity index is 822. The first kappa shape index (κ1) is 17.4. The summed E-state index contributed by atoms with van der Waals surface area (Å²) < 4.78 is 13.2. The largest absolute Gasteiger partial charge is 0.337 e. The van der Waals surface area contributed by atoms with E-state index in [1.807, 2.05) is 4.90 Å². The Morgan fingerprint density at radius 3 is 2.37 bits per heavy atom. The molecule has 1 atom stereocenters. The molecule has 1 unspecified atom stereocenters. The van der Waals surface area contributed by atoms with Crippen molar-refractivity contribution in [2.75, 3.05) is 36.0 Å². The molecule has 2 aliphatic heterocycles. The van der Waals surface area contributed by atoms with E-state index in [2.05, 4.69) is 9.97 Å². The molecule has 0 bridgehead atoms. The third-order valence-electron chi connectivity index (χ3n) is 5.03. The van der Waals surface area contributed by atoms with E-state index in [0.29, 0.717) is 50.7 Å². The molecule has 2 saturated heterocycles. The Labute approximate surface area is 156 Å². The molecule has 27 heavy (non-hydrogen) atoms. The zero-order valence-corrected chi connectivity index (χ0v) is 14.8. The van der Waals surface area contributed by atoms with Gasteiger partial charge in [0, 0.05) is 50.7 Å². The van der Waals surface area contributed by atoms with Crippen molar-refractivity contribution in [3.63, 3.8) is 0 Å². The lowest BCUT2D eigenvalue weighted by Gasteiger charge is -2.37. The summed E-state index contributed by atoms with van der Waals surface area (Å²) >= 11 is 0. The van der Waals surface area contributed by atoms with E-state index in [-0.39, 0.29) is 17.6 Å². The maximum Gasteiger partial charge on any atom is 0.245 e. The summed E-state index contributed by atoms with van der Waals surface area (Å²) in [6, 6.07) is 6.95. The van der Waals surface area contributed by atoms with E-state index >= 15 is 0 Å². The lowest BCUT2D eigenvalue weighted by molar-refractivity contribution is -0.133. The van der Waals surface area contributed by atoms with Crippen LogP contribution in [0.15, 0.2) is 42.7 Å². The second-order valence-electron chi connectivity index (χ2n) is 6.66. The van der Waals surface area contributed by atoms with Gasteiger partial charge in [-0.25, -0.2) is 14.4 Å². The van der Waals surface area contributed by atoms with E-state index in [9.17, 15) is 14.0 Å². The van der Waals surface area contributed by atoms with E-state index in [1.165, 1.54) is 17.0 Å². The first-order chi connectivity index (χ1) is 13.1. The minimum Gasteiger partial charge on any atom is -0.337 e. The molecule has 0 radical (unpaired) electrons. The molecule has 7 nitrogen and oxygen atoms in total. The van der Waals surface area contributed by atoms with Gasteiger partial charge in [0.15, 0.2) is 0 Å². The van der Waals surface area contributed by atoms with Crippen LogP contribution in [0.2, 0.25) is 0 Å². The smallest absolute Gasteiger partial charge is 0.245 e. The minimum atomic E-state index is -0.525. The Kier molecular flexibility index (Phi) is 4.70. The predicted octanol–water partition coefficient (Wildman–Crippen LogP) is 1.46. The van der Waals surface area contributed by atoms with E-state index in [1.54, 1.807) is 35.5 Å². The van der Waals surface area contributed by atoms with Crippen molar-refractivity contribution in [3.8, 4) is 0 Å². The third-order valence-corrected chi connectivity index (χ3v) is 5.03. The van der Waals surface area contributed by atoms with Gasteiger partial charge in [-0.05, 0) is 36.8 Å². The molecule has 0 spiro atoms. The molecule has 0 aliphatic carbocycles. The monoisotopic (exact) mass is 369 g/mol. The number of carbonyl (C=O) groups is 2. The van der Waals surface area contributed by atoms with Crippen LogP contribution in [-0.4, -0.2) is 58.9 Å². The third kappa shape index (κ3) is 3.47. The zero-order chi connectivity index (χ0) is 18.8. The fourth-order valence-corrected chi connectivity index (χ4v) is 3.64. The topological polar surface area (TPSA) is 69.6 Å². The molecule has 8 heteroatoms. The molecule has 0 N–H and O–H groups in total. The molecule has 2 amide bonds. The van der Waals surface area contributed by atoms with Crippen molar-refractivity contribution in [2.24, 2.45) is 0 Å². The SMILES string of the molecule is O=C(C1CCC(=O)N1c1ccc(F)cc1)N1CCN(c2ncccn2)CC1. The van der Waals surface area contributed by atoms with E-state index < -0.39 is 6.04 Å². The molecule has 1 aromatic carbocycles. The molecule has 140 valence electrons. The van der Waals surface area contributed by atoms with Gasteiger partial charge >= 0.3 is 0 Å². The fraction of sp³-hybridized carbons (Fsp3) is 0.368. The van der Waals surface area contributed by atoms with Gasteiger partial charge in [-0.3, -0.25) is 14.5 Å². The van der Waals surface area contributed by atoms with Gasteiger partial charge in [-0.2, -0.15) is 0 Å². The number of halogens is 1. The molecule has 3 heterocycles. The summed E-state index contributed by atoms with van der Waals surface area (Å²) in [6.45, 7) is 2.40. The highest BCUT2D eigenvalue weighted by molar-refractivity contribution is 6.03. The lowest BCUT2D eigenvalue weighted by atomic mass is 10.1. The number of hydrogen-bond acceptors (Lipinski definition) is 5. The standard InChI is InChI=1S/C19H20FN5O2/c20-14-2-4-15(5-3-14)25-16(6-7-17(25)26)18(27)23-10-12-24(13-11-23)19-21-8-1-9-22-19/h1-5,8-9,16H,6-7,10-13H2. The van der Waals surface area contributed by atoms with Crippen molar-refractivity contribution >= 4 is 23.5 Å². The summed E-state index contributed by atoms with van der Waals surface area (Å²) in [5.74, 6) is 0.135. The van der Waals surface area contributed by atoms with Crippen LogP contribution in [0.3, 0.4) is 0 Å². The highest BCUT2D eigenvalue weighted by Gasteiger charge is 2.39. The van der Waals surface area contributed by atoms with Crippen molar-refractivity contribution in [3.05, 3.63) is 48.5 Å². The van der Waals surface area contributed by atoms with E-state index in [4.69, 9.17) is 0 Å². The lowest BCUT2D eigenvalue weighted by Crippen LogP contribution is -2.54. The van der Waals surface area contributed by atoms with Gasteiger partial charge < -0.3 is 9.80 Å². The number of carbonyl (C=O) groups excluding carboxylic acids is 2. The average molecular weight is 369 g/mol. The van der Waals surface area contributed by atoms with Crippen LogP contribution in [-0.2, 0) is 9.59 Å². The number of rotatable bonds is 3. The number of benzene rings is 1. The van der Waals surface area contributed by atoms with Gasteiger partial charge in [-0.1, -0.05) is 0 Å². The minimum absolute atomic E-state index is 0.0567. The molecule has 2 aromatic rings. The van der Waals surface area contributed by atoms with E-state index in [0.717, 1.165) is 0 Å². The Morgan fingerprint density at radius 1 is 1.04 bits per heavy atom. The van der Waals surface area contributed by atoms with Gasteiger partial charge in [0.2, 0.25) is 17.8 Å². The summed E-state index contributed by atoms with van der Waals surface area (Å²) in [5.41, 5.74) is 0.563. The van der Waals surface area contributed by atoms with Crippen LogP contribution in [0.4, 0.5) is 16.0 Å². The van der Waals surface area contributed by atoms with Gasteiger partial charge in [-0.15, -0.1) is 0 Å². The second kappa shape index (κ2) is 7.30. The number of amides is 2. The van der Waals surface area contributed by atoms with Crippen LogP contribution < -0.4 is 9.80 Å². The number of anilines is 2. The van der Waals surface area contributed by atoms with Crippen LogP contribution >= 0.6 is 0 Å². The quantitative estimate of drug-likeness (QED) is 0.819. The van der Waals surface area contributed by atoms with Crippen LogP contribution in [0.5, 0.6) is 0 Å². The average Bonchev–Trinajstić information content (AvgIpc) is 3.10. The molecule has 1 aromatic heterocycles. The Morgan fingerprint density at radius 2 is 1.70 bits per heavy atom. The fourth-order valence-electron chi connectivity index (χ4n) is 3.64. The number of piperazine rings is 1. The maximum absolute atomic E-state index is 13.2. The molecule has 0 saturated carbocycles. The summed E-state index contributed by atoms with van der Waals surface area (Å²) in [4.78, 5) is 39.2. The molecule has 4 rings (SSSR count). The summed E-state index contributed by atoms with van der Waals surface area (Å²) in [7, 11) is 0. The second-order valence-corrected chi connectivity index (χ2v) is 6.66. The normalized spacial score (nSPS) is 20.3. The predicted molar refractivity (Wildman–Crippen MR) is 97.7 cm³/mol. The highest BCUT2D eigenvalue weighted by Crippen LogP contribution is 2.28. The first-order valence-electron chi connectivity index (χ1n) is 9.02. The molecule has 2 fully saturated rings. The maximum atomic E-state index is 13.2. The molecular weight excluding hydrogens is 349 g/mol. The van der Waals surface area contributed by atoms with Crippen molar-refractivity contribution < 1.29 is 14.0 Å². The first-order valence-corrected chi connectivity index (χ1v) is 9.02. The molecular formula is C19H20FN5O2. The number of aromatic nitrogens is 2. The number of hydrogen-bond donors (Lipinski definition) is 0. The summed E-state index contributed by atoms with van der Waals surface area (Å²) in [6.07, 6.45) is 4.21. The van der Waals surface area contributed by atoms with Crippen molar-refractivity contribution in [1.29, 1.82) is 0 Å².